The Balaban J connectivity index is 3.00. The van der Waals surface area contributed by atoms with Crippen molar-refractivity contribution >= 4 is 17.4 Å². The Morgan fingerprint density at radius 3 is 2.65 bits per heavy atom. The molecule has 4 nitrogen and oxygen atoms in total. The van der Waals surface area contributed by atoms with Crippen LogP contribution in [0.2, 0.25) is 5.02 Å². The molecule has 1 aromatic heterocycles. The molecule has 0 aliphatic heterocycles. The van der Waals surface area contributed by atoms with E-state index in [2.05, 4.69) is 5.10 Å². The van der Waals surface area contributed by atoms with Crippen LogP contribution in [-0.4, -0.2) is 28.3 Å². The molecule has 96 valence electrons. The van der Waals surface area contributed by atoms with Gasteiger partial charge in [0, 0.05) is 19.6 Å². The maximum absolute atomic E-state index is 12.2. The van der Waals surface area contributed by atoms with Crippen LogP contribution in [0.25, 0.3) is 0 Å². The highest BCUT2D eigenvalue weighted by molar-refractivity contribution is 6.33. The van der Waals surface area contributed by atoms with E-state index in [1.54, 1.807) is 11.8 Å². The lowest BCUT2D eigenvalue weighted by atomic mass is 10.00. The van der Waals surface area contributed by atoms with Crippen molar-refractivity contribution in [2.75, 3.05) is 7.11 Å². The van der Waals surface area contributed by atoms with Crippen molar-refractivity contribution in [2.24, 2.45) is 0 Å². The van der Waals surface area contributed by atoms with E-state index in [-0.39, 0.29) is 18.2 Å². The molecule has 0 fully saturated rings. The van der Waals surface area contributed by atoms with Crippen LogP contribution in [0.15, 0.2) is 6.20 Å². The van der Waals surface area contributed by atoms with Crippen LogP contribution in [0.4, 0.5) is 0 Å². The van der Waals surface area contributed by atoms with Crippen LogP contribution < -0.4 is 0 Å². The predicted octanol–water partition coefficient (Wildman–Crippen LogP) is 3.12. The van der Waals surface area contributed by atoms with Gasteiger partial charge in [-0.2, -0.15) is 5.10 Å². The average Bonchev–Trinajstić information content (AvgIpc) is 2.59. The standard InChI is InChI=1S/C12H19ClN2O2/c1-8(2)15-11(9(13)7-14-15)10(16)6-12(3,4)17-5/h7-8H,6H2,1-5H3. The summed E-state index contributed by atoms with van der Waals surface area (Å²) in [6.45, 7) is 7.66. The van der Waals surface area contributed by atoms with Gasteiger partial charge in [0.15, 0.2) is 5.78 Å². The Hall–Kier alpha value is -0.870. The van der Waals surface area contributed by atoms with Gasteiger partial charge in [-0.1, -0.05) is 11.6 Å². The number of Topliss-reactive ketones (excluding diaryl/α,β-unsaturated/α-hetero) is 1. The molecule has 0 N–H and O–H groups in total. The van der Waals surface area contributed by atoms with E-state index in [0.717, 1.165) is 0 Å². The van der Waals surface area contributed by atoms with E-state index in [1.165, 1.54) is 6.20 Å². The molecule has 5 heteroatoms. The van der Waals surface area contributed by atoms with E-state index in [0.29, 0.717) is 10.7 Å². The number of methoxy groups -OCH3 is 1. The number of rotatable bonds is 5. The molecule has 0 aromatic carbocycles. The number of halogens is 1. The Labute approximate surface area is 107 Å². The zero-order valence-electron chi connectivity index (χ0n) is 11.0. The Kier molecular flexibility index (Phi) is 4.33. The van der Waals surface area contributed by atoms with Gasteiger partial charge in [0.25, 0.3) is 0 Å². The Morgan fingerprint density at radius 1 is 1.59 bits per heavy atom. The number of aromatic nitrogens is 2. The molecule has 17 heavy (non-hydrogen) atoms. The topological polar surface area (TPSA) is 44.1 Å². The molecule has 0 aliphatic carbocycles. The normalized spacial score (nSPS) is 12.2. The van der Waals surface area contributed by atoms with Gasteiger partial charge in [0.2, 0.25) is 0 Å². The molecule has 0 bridgehead atoms. The monoisotopic (exact) mass is 258 g/mol. The predicted molar refractivity (Wildman–Crippen MR) is 67.7 cm³/mol. The van der Waals surface area contributed by atoms with Crippen molar-refractivity contribution in [1.82, 2.24) is 9.78 Å². The first-order chi connectivity index (χ1) is 7.78. The number of ether oxygens (including phenoxy) is 1. The number of hydrogen-bond acceptors (Lipinski definition) is 3. The van der Waals surface area contributed by atoms with Crippen LogP contribution >= 0.6 is 11.6 Å². The second kappa shape index (κ2) is 5.19. The average molecular weight is 259 g/mol. The summed E-state index contributed by atoms with van der Waals surface area (Å²) in [7, 11) is 1.59. The maximum atomic E-state index is 12.2. The first kappa shape index (κ1) is 14.2. The van der Waals surface area contributed by atoms with Crippen LogP contribution in [0.5, 0.6) is 0 Å². The second-order valence-corrected chi connectivity index (χ2v) is 5.35. The third-order valence-corrected chi connectivity index (χ3v) is 2.92. The molecule has 1 rings (SSSR count). The first-order valence-corrected chi connectivity index (χ1v) is 5.97. The molecular weight excluding hydrogens is 240 g/mol. The lowest BCUT2D eigenvalue weighted by Crippen LogP contribution is -2.28. The molecule has 0 radical (unpaired) electrons. The number of hydrogen-bond donors (Lipinski definition) is 0. The summed E-state index contributed by atoms with van der Waals surface area (Å²) in [6.07, 6.45) is 1.79. The largest absolute Gasteiger partial charge is 0.378 e. The lowest BCUT2D eigenvalue weighted by molar-refractivity contribution is 0.0168. The third-order valence-electron chi connectivity index (χ3n) is 2.64. The summed E-state index contributed by atoms with van der Waals surface area (Å²) < 4.78 is 6.90. The minimum absolute atomic E-state index is 0.0481. The summed E-state index contributed by atoms with van der Waals surface area (Å²) in [4.78, 5) is 12.2. The van der Waals surface area contributed by atoms with Gasteiger partial charge in [-0.25, -0.2) is 0 Å². The SMILES string of the molecule is COC(C)(C)CC(=O)c1c(Cl)cnn1C(C)C. The minimum atomic E-state index is -0.494. The van der Waals surface area contributed by atoms with E-state index >= 15 is 0 Å². The van der Waals surface area contributed by atoms with Gasteiger partial charge >= 0.3 is 0 Å². The molecule has 0 amide bonds. The fourth-order valence-electron chi connectivity index (χ4n) is 1.54. The fraction of sp³-hybridized carbons (Fsp3) is 0.667. The second-order valence-electron chi connectivity index (χ2n) is 4.94. The molecule has 0 saturated carbocycles. The van der Waals surface area contributed by atoms with Crippen LogP contribution in [0.1, 0.15) is 50.6 Å². The van der Waals surface area contributed by atoms with Crippen LogP contribution in [0, 0.1) is 0 Å². The van der Waals surface area contributed by atoms with Gasteiger partial charge in [-0.3, -0.25) is 9.48 Å². The molecule has 0 spiro atoms. The van der Waals surface area contributed by atoms with Gasteiger partial charge in [-0.05, 0) is 27.7 Å². The van der Waals surface area contributed by atoms with Crippen molar-refractivity contribution in [1.29, 1.82) is 0 Å². The molecule has 0 saturated heterocycles. The molecule has 0 unspecified atom stereocenters. The quantitative estimate of drug-likeness (QED) is 0.763. The highest BCUT2D eigenvalue weighted by Gasteiger charge is 2.26. The summed E-state index contributed by atoms with van der Waals surface area (Å²) in [5.41, 5.74) is -0.0289. The van der Waals surface area contributed by atoms with Gasteiger partial charge in [0.05, 0.1) is 16.8 Å². The molecular formula is C12H19ClN2O2. The Morgan fingerprint density at radius 2 is 2.18 bits per heavy atom. The smallest absolute Gasteiger partial charge is 0.185 e. The summed E-state index contributed by atoms with van der Waals surface area (Å²) in [5, 5.41) is 4.51. The number of nitrogens with zero attached hydrogens (tertiary/aromatic N) is 2. The lowest BCUT2D eigenvalue weighted by Gasteiger charge is -2.22. The van der Waals surface area contributed by atoms with Crippen molar-refractivity contribution in [3.63, 3.8) is 0 Å². The number of carbonyl (C=O) groups is 1. The van der Waals surface area contributed by atoms with Crippen LogP contribution in [0.3, 0.4) is 0 Å². The number of carbonyl (C=O) groups excluding carboxylic acids is 1. The van der Waals surface area contributed by atoms with Crippen molar-refractivity contribution in [3.8, 4) is 0 Å². The minimum Gasteiger partial charge on any atom is -0.378 e. The van der Waals surface area contributed by atoms with Crippen molar-refractivity contribution < 1.29 is 9.53 Å². The van der Waals surface area contributed by atoms with Gasteiger partial charge < -0.3 is 4.74 Å². The molecule has 1 heterocycles. The maximum Gasteiger partial charge on any atom is 0.185 e. The van der Waals surface area contributed by atoms with Crippen LogP contribution in [-0.2, 0) is 4.74 Å². The van der Waals surface area contributed by atoms with Gasteiger partial charge in [-0.15, -0.1) is 0 Å². The van der Waals surface area contributed by atoms with Gasteiger partial charge in [0.1, 0.15) is 5.69 Å². The first-order valence-electron chi connectivity index (χ1n) is 5.60. The summed E-state index contributed by atoms with van der Waals surface area (Å²) >= 11 is 6.01. The number of ketones is 1. The molecule has 0 aliphatic rings. The highest BCUT2D eigenvalue weighted by Crippen LogP contribution is 2.24. The van der Waals surface area contributed by atoms with Crippen molar-refractivity contribution in [3.05, 3.63) is 16.9 Å². The highest BCUT2D eigenvalue weighted by atomic mass is 35.5. The zero-order valence-corrected chi connectivity index (χ0v) is 11.7. The third kappa shape index (κ3) is 3.30. The van der Waals surface area contributed by atoms with E-state index in [1.807, 2.05) is 27.7 Å². The summed E-state index contributed by atoms with van der Waals surface area (Å²) in [6, 6.07) is 0.104. The van der Waals surface area contributed by atoms with E-state index in [9.17, 15) is 4.79 Å². The molecule has 1 aromatic rings. The molecule has 0 atom stereocenters. The van der Waals surface area contributed by atoms with E-state index in [4.69, 9.17) is 16.3 Å². The Bertz CT molecular complexity index is 411. The van der Waals surface area contributed by atoms with Crippen molar-refractivity contribution in [2.45, 2.75) is 45.8 Å². The summed E-state index contributed by atoms with van der Waals surface area (Å²) in [5.74, 6) is -0.0481. The fourth-order valence-corrected chi connectivity index (χ4v) is 1.77. The van der Waals surface area contributed by atoms with E-state index < -0.39 is 5.60 Å². The zero-order chi connectivity index (χ0) is 13.2.